The molecule has 1 aliphatic rings. The van der Waals surface area contributed by atoms with Crippen molar-refractivity contribution in [3.05, 3.63) is 51.4 Å². The van der Waals surface area contributed by atoms with E-state index in [0.717, 1.165) is 18.5 Å². The van der Waals surface area contributed by atoms with Gasteiger partial charge in [-0.05, 0) is 26.7 Å². The molecule has 1 aliphatic heterocycles. The molecule has 0 unspecified atom stereocenters. The Hall–Kier alpha value is -2.90. The third-order valence-corrected chi connectivity index (χ3v) is 4.59. The lowest BCUT2D eigenvalue weighted by molar-refractivity contribution is 0.0663. The number of carbonyl (C=O) groups excluding carboxylic acids is 1. The van der Waals surface area contributed by atoms with Gasteiger partial charge < -0.3 is 9.42 Å². The van der Waals surface area contributed by atoms with Crippen molar-refractivity contribution in [2.24, 2.45) is 0 Å². The first-order valence-electron chi connectivity index (χ1n) is 8.33. The second-order valence-electron chi connectivity index (χ2n) is 6.56. The van der Waals surface area contributed by atoms with Crippen molar-refractivity contribution in [1.29, 1.82) is 0 Å². The van der Waals surface area contributed by atoms with Crippen LogP contribution in [0.1, 0.15) is 46.4 Å². The molecule has 1 saturated heterocycles. The summed E-state index contributed by atoms with van der Waals surface area (Å²) in [4.78, 5) is 30.8. The maximum atomic E-state index is 12.6. The SMILES string of the molecule is Cc1cc(C(=O)N2CCC[C@@H](c3cc4nc(C)cc(=O)n4[nH]3)C2)on1. The molecule has 0 bridgehead atoms. The molecule has 1 fully saturated rings. The summed E-state index contributed by atoms with van der Waals surface area (Å²) in [6.07, 6.45) is 1.83. The number of H-pyrrole nitrogens is 1. The average Bonchev–Trinajstić information content (AvgIpc) is 3.21. The van der Waals surface area contributed by atoms with Crippen LogP contribution in [0.2, 0.25) is 0 Å². The normalized spacial score (nSPS) is 18.0. The molecule has 4 rings (SSSR count). The summed E-state index contributed by atoms with van der Waals surface area (Å²) in [6, 6.07) is 5.04. The van der Waals surface area contributed by atoms with E-state index >= 15 is 0 Å². The standard InChI is InChI=1S/C17H19N5O3/c1-10-7-16(23)22-15(18-10)8-13(19-22)12-4-3-5-21(9-12)17(24)14-6-11(2)20-25-14/h6-8,12,19H,3-5,9H2,1-2H3/t12-/m1/s1. The zero-order chi connectivity index (χ0) is 17.6. The van der Waals surface area contributed by atoms with Gasteiger partial charge in [-0.25, -0.2) is 9.50 Å². The van der Waals surface area contributed by atoms with Crippen LogP contribution < -0.4 is 5.56 Å². The molecule has 25 heavy (non-hydrogen) atoms. The highest BCUT2D eigenvalue weighted by molar-refractivity contribution is 5.91. The maximum absolute atomic E-state index is 12.6. The summed E-state index contributed by atoms with van der Waals surface area (Å²) in [7, 11) is 0. The van der Waals surface area contributed by atoms with Crippen LogP contribution in [0.15, 0.2) is 27.5 Å². The van der Waals surface area contributed by atoms with E-state index in [0.29, 0.717) is 30.1 Å². The summed E-state index contributed by atoms with van der Waals surface area (Å²) in [5, 5.41) is 6.91. The number of amides is 1. The number of hydrogen-bond acceptors (Lipinski definition) is 5. The van der Waals surface area contributed by atoms with E-state index in [-0.39, 0.29) is 23.1 Å². The van der Waals surface area contributed by atoms with E-state index in [1.54, 1.807) is 24.8 Å². The third kappa shape index (κ3) is 2.84. The minimum atomic E-state index is -0.146. The predicted octanol–water partition coefficient (Wildman–Crippen LogP) is 1.65. The van der Waals surface area contributed by atoms with E-state index in [1.165, 1.54) is 10.6 Å². The summed E-state index contributed by atoms with van der Waals surface area (Å²) in [5.41, 5.74) is 2.77. The number of aromatic amines is 1. The number of aromatic nitrogens is 4. The lowest BCUT2D eigenvalue weighted by Gasteiger charge is -2.31. The fourth-order valence-electron chi connectivity index (χ4n) is 3.37. The zero-order valence-electron chi connectivity index (χ0n) is 14.2. The molecule has 3 aromatic heterocycles. The van der Waals surface area contributed by atoms with E-state index in [4.69, 9.17) is 4.52 Å². The quantitative estimate of drug-likeness (QED) is 0.764. The Morgan fingerprint density at radius 2 is 2.12 bits per heavy atom. The van der Waals surface area contributed by atoms with Gasteiger partial charge in [0.15, 0.2) is 5.65 Å². The van der Waals surface area contributed by atoms with Crippen molar-refractivity contribution in [2.75, 3.05) is 13.1 Å². The first kappa shape index (κ1) is 15.6. The van der Waals surface area contributed by atoms with Crippen molar-refractivity contribution in [1.82, 2.24) is 24.7 Å². The molecule has 0 radical (unpaired) electrons. The molecule has 1 N–H and O–H groups in total. The first-order chi connectivity index (χ1) is 12.0. The Bertz CT molecular complexity index is 999. The van der Waals surface area contributed by atoms with Gasteiger partial charge in [-0.2, -0.15) is 0 Å². The van der Waals surface area contributed by atoms with Gasteiger partial charge in [-0.3, -0.25) is 14.7 Å². The van der Waals surface area contributed by atoms with E-state index in [1.807, 2.05) is 6.07 Å². The van der Waals surface area contributed by atoms with Crippen molar-refractivity contribution < 1.29 is 9.32 Å². The van der Waals surface area contributed by atoms with Gasteiger partial charge in [0, 0.05) is 48.6 Å². The molecule has 0 spiro atoms. The topological polar surface area (TPSA) is 96.5 Å². The van der Waals surface area contributed by atoms with E-state index < -0.39 is 0 Å². The number of likely N-dealkylation sites (tertiary alicyclic amines) is 1. The molecular formula is C17H19N5O3. The maximum Gasteiger partial charge on any atom is 0.292 e. The van der Waals surface area contributed by atoms with Gasteiger partial charge in [0.25, 0.3) is 11.5 Å². The lowest BCUT2D eigenvalue weighted by Crippen LogP contribution is -2.39. The van der Waals surface area contributed by atoms with Gasteiger partial charge in [0.1, 0.15) is 0 Å². The molecular weight excluding hydrogens is 322 g/mol. The van der Waals surface area contributed by atoms with Gasteiger partial charge in [-0.1, -0.05) is 5.16 Å². The smallest absolute Gasteiger partial charge is 0.292 e. The largest absolute Gasteiger partial charge is 0.351 e. The fraction of sp³-hybridized carbons (Fsp3) is 0.412. The summed E-state index contributed by atoms with van der Waals surface area (Å²) in [5.74, 6) is 0.249. The highest BCUT2D eigenvalue weighted by Crippen LogP contribution is 2.27. The van der Waals surface area contributed by atoms with Gasteiger partial charge in [0.2, 0.25) is 5.76 Å². The zero-order valence-corrected chi connectivity index (χ0v) is 14.2. The van der Waals surface area contributed by atoms with E-state index in [9.17, 15) is 9.59 Å². The summed E-state index contributed by atoms with van der Waals surface area (Å²) in [6.45, 7) is 4.84. The highest BCUT2D eigenvalue weighted by atomic mass is 16.5. The average molecular weight is 341 g/mol. The molecule has 0 saturated carbocycles. The van der Waals surface area contributed by atoms with Gasteiger partial charge in [-0.15, -0.1) is 0 Å². The van der Waals surface area contributed by atoms with Crippen LogP contribution in [0.5, 0.6) is 0 Å². The van der Waals surface area contributed by atoms with Gasteiger partial charge >= 0.3 is 0 Å². The van der Waals surface area contributed by atoms with Crippen LogP contribution in [0.3, 0.4) is 0 Å². The number of nitrogens with zero attached hydrogens (tertiary/aromatic N) is 4. The number of nitrogens with one attached hydrogen (secondary N) is 1. The Balaban J connectivity index is 1.60. The minimum Gasteiger partial charge on any atom is -0.351 e. The van der Waals surface area contributed by atoms with Gasteiger partial charge in [0.05, 0.1) is 5.69 Å². The second-order valence-corrected chi connectivity index (χ2v) is 6.56. The monoisotopic (exact) mass is 341 g/mol. The van der Waals surface area contributed by atoms with E-state index in [2.05, 4.69) is 15.2 Å². The van der Waals surface area contributed by atoms with Crippen LogP contribution in [0, 0.1) is 13.8 Å². The van der Waals surface area contributed by atoms with Crippen LogP contribution >= 0.6 is 0 Å². The van der Waals surface area contributed by atoms with Crippen LogP contribution in [-0.2, 0) is 0 Å². The number of fused-ring (bicyclic) bond motifs is 1. The van der Waals surface area contributed by atoms with Crippen molar-refractivity contribution >= 4 is 11.6 Å². The van der Waals surface area contributed by atoms with Crippen molar-refractivity contribution in [3.63, 3.8) is 0 Å². The summed E-state index contributed by atoms with van der Waals surface area (Å²) >= 11 is 0. The third-order valence-electron chi connectivity index (χ3n) is 4.59. The Morgan fingerprint density at radius 3 is 2.88 bits per heavy atom. The lowest BCUT2D eigenvalue weighted by atomic mass is 9.94. The molecule has 3 aromatic rings. The number of rotatable bonds is 2. The Labute approximate surface area is 143 Å². The molecule has 8 nitrogen and oxygen atoms in total. The molecule has 8 heteroatoms. The number of hydrogen-bond donors (Lipinski definition) is 1. The van der Waals surface area contributed by atoms with Crippen molar-refractivity contribution in [2.45, 2.75) is 32.6 Å². The molecule has 1 atom stereocenters. The Kier molecular flexibility index (Phi) is 3.67. The molecule has 4 heterocycles. The van der Waals surface area contributed by atoms with Crippen LogP contribution in [-0.4, -0.2) is 43.7 Å². The minimum absolute atomic E-state index is 0.128. The number of carbonyl (C=O) groups is 1. The van der Waals surface area contributed by atoms with Crippen molar-refractivity contribution in [3.8, 4) is 0 Å². The van der Waals surface area contributed by atoms with Crippen LogP contribution in [0.25, 0.3) is 5.65 Å². The number of aryl methyl sites for hydroxylation is 2. The second kappa shape index (κ2) is 5.87. The predicted molar refractivity (Wildman–Crippen MR) is 89.7 cm³/mol. The van der Waals surface area contributed by atoms with Crippen LogP contribution in [0.4, 0.5) is 0 Å². The molecule has 1 amide bonds. The Morgan fingerprint density at radius 1 is 1.28 bits per heavy atom. The highest BCUT2D eigenvalue weighted by Gasteiger charge is 2.28. The summed E-state index contributed by atoms with van der Waals surface area (Å²) < 4.78 is 6.54. The first-order valence-corrected chi connectivity index (χ1v) is 8.33. The fourth-order valence-corrected chi connectivity index (χ4v) is 3.37. The molecule has 0 aliphatic carbocycles. The number of piperidine rings is 1. The molecule has 130 valence electrons. The molecule has 0 aromatic carbocycles.